The van der Waals surface area contributed by atoms with Crippen LogP contribution < -0.4 is 0 Å². The summed E-state index contributed by atoms with van der Waals surface area (Å²) in [6.45, 7) is 0. The molecule has 0 amide bonds. The fourth-order valence-electron chi connectivity index (χ4n) is 1.65. The maximum atomic E-state index is 12.7. The summed E-state index contributed by atoms with van der Waals surface area (Å²) < 4.78 is 38.5. The average molecular weight is 354 g/mol. The number of H-pyrrole nitrogens is 1. The third-order valence-corrected chi connectivity index (χ3v) is 3.70. The molecule has 7 heteroatoms. The molecule has 2 rings (SSSR count). The number of nitrogens with zero attached hydrogens (tertiary/aromatic N) is 1. The minimum Gasteiger partial charge on any atom is -0.349 e. The molecule has 0 aliphatic rings. The molecule has 0 saturated heterocycles. The summed E-state index contributed by atoms with van der Waals surface area (Å²) in [5.41, 5.74) is -0.316. The molecule has 0 aliphatic heterocycles. The Kier molecular flexibility index (Phi) is 4.20. The summed E-state index contributed by atoms with van der Waals surface area (Å²) in [5, 5.41) is -0.595. The highest BCUT2D eigenvalue weighted by molar-refractivity contribution is 9.10. The van der Waals surface area contributed by atoms with Gasteiger partial charge in [-0.25, -0.2) is 4.98 Å². The second-order valence-electron chi connectivity index (χ2n) is 3.94. The van der Waals surface area contributed by atoms with Crippen LogP contribution in [0.5, 0.6) is 0 Å². The van der Waals surface area contributed by atoms with E-state index in [9.17, 15) is 13.2 Å². The molecule has 1 aromatic carbocycles. The first kappa shape index (κ1) is 14.4. The number of benzene rings is 1. The molecular weight excluding hydrogens is 344 g/mol. The van der Waals surface area contributed by atoms with Crippen molar-refractivity contribution < 1.29 is 13.2 Å². The van der Waals surface area contributed by atoms with Gasteiger partial charge >= 0.3 is 6.18 Å². The lowest BCUT2D eigenvalue weighted by Crippen LogP contribution is -2.07. The SMILES string of the molecule is FC(F)(F)c1ccc(Br)c(C(Cl)Cc2ncc[nH]2)c1. The summed E-state index contributed by atoms with van der Waals surface area (Å²) in [6, 6.07) is 3.43. The standard InChI is InChI=1S/C12H9BrClF3N2/c13-9-2-1-7(12(15,16)17)5-8(9)10(14)6-11-18-3-4-19-11/h1-5,10H,6H2,(H,18,19). The van der Waals surface area contributed by atoms with E-state index in [4.69, 9.17) is 11.6 Å². The highest BCUT2D eigenvalue weighted by Gasteiger charge is 2.31. The number of imidazole rings is 1. The van der Waals surface area contributed by atoms with E-state index in [0.29, 0.717) is 22.3 Å². The fraction of sp³-hybridized carbons (Fsp3) is 0.250. The van der Waals surface area contributed by atoms with Crippen molar-refractivity contribution >= 4 is 27.5 Å². The molecule has 1 aromatic heterocycles. The smallest absolute Gasteiger partial charge is 0.349 e. The largest absolute Gasteiger partial charge is 0.416 e. The Labute approximate surface area is 121 Å². The van der Waals surface area contributed by atoms with Crippen molar-refractivity contribution in [2.24, 2.45) is 0 Å². The van der Waals surface area contributed by atoms with Crippen LogP contribution in [0.3, 0.4) is 0 Å². The summed E-state index contributed by atoms with van der Waals surface area (Å²) in [7, 11) is 0. The molecule has 0 bridgehead atoms. The highest BCUT2D eigenvalue weighted by Crippen LogP contribution is 2.36. The maximum absolute atomic E-state index is 12.7. The van der Waals surface area contributed by atoms with Gasteiger partial charge in [0.2, 0.25) is 0 Å². The zero-order chi connectivity index (χ0) is 14.0. The lowest BCUT2D eigenvalue weighted by atomic mass is 10.1. The van der Waals surface area contributed by atoms with Gasteiger partial charge in [-0.2, -0.15) is 13.2 Å². The molecule has 0 spiro atoms. The van der Waals surface area contributed by atoms with Gasteiger partial charge < -0.3 is 4.98 Å². The summed E-state index contributed by atoms with van der Waals surface area (Å²) in [6.07, 6.45) is -0.842. The van der Waals surface area contributed by atoms with Crippen molar-refractivity contribution in [1.82, 2.24) is 9.97 Å². The summed E-state index contributed by atoms with van der Waals surface area (Å²) in [5.74, 6) is 0.629. The van der Waals surface area contributed by atoms with Crippen molar-refractivity contribution in [2.75, 3.05) is 0 Å². The Morgan fingerprint density at radius 2 is 2.11 bits per heavy atom. The van der Waals surface area contributed by atoms with Crippen LogP contribution >= 0.6 is 27.5 Å². The molecule has 1 heterocycles. The lowest BCUT2D eigenvalue weighted by molar-refractivity contribution is -0.137. The molecule has 1 atom stereocenters. The number of halogens is 5. The van der Waals surface area contributed by atoms with Crippen LogP contribution in [0.25, 0.3) is 0 Å². The van der Waals surface area contributed by atoms with Crippen LogP contribution in [0.2, 0.25) is 0 Å². The van der Waals surface area contributed by atoms with E-state index in [1.165, 1.54) is 6.07 Å². The monoisotopic (exact) mass is 352 g/mol. The van der Waals surface area contributed by atoms with Gasteiger partial charge in [-0.3, -0.25) is 0 Å². The molecule has 0 saturated carbocycles. The fourth-order valence-corrected chi connectivity index (χ4v) is 2.63. The first-order valence-electron chi connectivity index (χ1n) is 5.37. The first-order chi connectivity index (χ1) is 8.88. The quantitative estimate of drug-likeness (QED) is 0.795. The number of aromatic nitrogens is 2. The molecule has 0 radical (unpaired) electrons. The zero-order valence-corrected chi connectivity index (χ0v) is 11.9. The highest BCUT2D eigenvalue weighted by atomic mass is 79.9. The third-order valence-electron chi connectivity index (χ3n) is 2.59. The molecule has 19 heavy (non-hydrogen) atoms. The van der Waals surface area contributed by atoms with Gasteiger partial charge in [0.1, 0.15) is 5.82 Å². The van der Waals surface area contributed by atoms with E-state index in [0.717, 1.165) is 12.1 Å². The molecule has 2 nitrogen and oxygen atoms in total. The van der Waals surface area contributed by atoms with Crippen molar-refractivity contribution in [3.63, 3.8) is 0 Å². The van der Waals surface area contributed by atoms with Gasteiger partial charge in [-0.05, 0) is 23.8 Å². The second kappa shape index (κ2) is 5.54. The van der Waals surface area contributed by atoms with E-state index < -0.39 is 17.1 Å². The average Bonchev–Trinajstić information content (AvgIpc) is 2.80. The molecule has 1 unspecified atom stereocenters. The minimum atomic E-state index is -4.38. The summed E-state index contributed by atoms with van der Waals surface area (Å²) in [4.78, 5) is 6.87. The van der Waals surface area contributed by atoms with Gasteiger partial charge in [0.15, 0.2) is 0 Å². The molecule has 0 fully saturated rings. The Balaban J connectivity index is 2.28. The number of alkyl halides is 4. The molecule has 0 aliphatic carbocycles. The van der Waals surface area contributed by atoms with Crippen molar-refractivity contribution in [3.05, 3.63) is 52.0 Å². The minimum absolute atomic E-state index is 0.328. The Morgan fingerprint density at radius 3 is 2.68 bits per heavy atom. The summed E-state index contributed by atoms with van der Waals surface area (Å²) >= 11 is 9.39. The van der Waals surface area contributed by atoms with Crippen LogP contribution in [0.15, 0.2) is 35.1 Å². The normalized spacial score (nSPS) is 13.5. The topological polar surface area (TPSA) is 28.7 Å². The van der Waals surface area contributed by atoms with Gasteiger partial charge in [-0.1, -0.05) is 15.9 Å². The van der Waals surface area contributed by atoms with E-state index in [1.807, 2.05) is 0 Å². The van der Waals surface area contributed by atoms with Crippen molar-refractivity contribution in [1.29, 1.82) is 0 Å². The Bertz CT molecular complexity index is 555. The second-order valence-corrected chi connectivity index (χ2v) is 5.32. The number of rotatable bonds is 3. The van der Waals surface area contributed by atoms with E-state index in [2.05, 4.69) is 25.9 Å². The number of aromatic amines is 1. The van der Waals surface area contributed by atoms with Crippen LogP contribution in [0, 0.1) is 0 Å². The predicted molar refractivity (Wildman–Crippen MR) is 70.0 cm³/mol. The number of hydrogen-bond donors (Lipinski definition) is 1. The van der Waals surface area contributed by atoms with Crippen LogP contribution in [0.4, 0.5) is 13.2 Å². The van der Waals surface area contributed by atoms with E-state index >= 15 is 0 Å². The molecule has 1 N–H and O–H groups in total. The Morgan fingerprint density at radius 1 is 1.37 bits per heavy atom. The molecule has 102 valence electrons. The zero-order valence-electron chi connectivity index (χ0n) is 9.51. The molecular formula is C12H9BrClF3N2. The van der Waals surface area contributed by atoms with Crippen molar-refractivity contribution in [3.8, 4) is 0 Å². The number of hydrogen-bond acceptors (Lipinski definition) is 1. The molecule has 2 aromatic rings. The first-order valence-corrected chi connectivity index (χ1v) is 6.60. The van der Waals surface area contributed by atoms with Gasteiger partial charge in [0.25, 0.3) is 0 Å². The van der Waals surface area contributed by atoms with E-state index in [1.54, 1.807) is 12.4 Å². The van der Waals surface area contributed by atoms with Gasteiger partial charge in [-0.15, -0.1) is 11.6 Å². The van der Waals surface area contributed by atoms with Crippen LogP contribution in [-0.4, -0.2) is 9.97 Å². The van der Waals surface area contributed by atoms with Crippen LogP contribution in [0.1, 0.15) is 22.3 Å². The van der Waals surface area contributed by atoms with Crippen LogP contribution in [-0.2, 0) is 12.6 Å². The van der Waals surface area contributed by atoms with Gasteiger partial charge in [0, 0.05) is 23.3 Å². The predicted octanol–water partition coefficient (Wildman–Crippen LogP) is 4.71. The van der Waals surface area contributed by atoms with Crippen molar-refractivity contribution in [2.45, 2.75) is 18.0 Å². The van der Waals surface area contributed by atoms with E-state index in [-0.39, 0.29) is 0 Å². The van der Waals surface area contributed by atoms with Gasteiger partial charge in [0.05, 0.1) is 10.9 Å². The maximum Gasteiger partial charge on any atom is 0.416 e. The Hall–Kier alpha value is -1.01. The lowest BCUT2D eigenvalue weighted by Gasteiger charge is -2.14. The number of nitrogens with one attached hydrogen (secondary N) is 1. The third kappa shape index (κ3) is 3.51.